The van der Waals surface area contributed by atoms with Gasteiger partial charge in [-0.25, -0.2) is 9.59 Å². The van der Waals surface area contributed by atoms with E-state index in [1.807, 2.05) is 32.0 Å². The number of carboxylic acid groups (broad SMARTS) is 2. The monoisotopic (exact) mass is 296 g/mol. The van der Waals surface area contributed by atoms with Gasteiger partial charge >= 0.3 is 11.9 Å². The number of hydrogen-bond acceptors (Lipinski definition) is 2. The first-order chi connectivity index (χ1) is 10.4. The molecule has 0 aromatic heterocycles. The lowest BCUT2D eigenvalue weighted by atomic mass is 9.96. The number of aryl methyl sites for hydroxylation is 2. The summed E-state index contributed by atoms with van der Waals surface area (Å²) < 4.78 is 0. The van der Waals surface area contributed by atoms with Crippen LogP contribution >= 0.6 is 0 Å². The maximum Gasteiger partial charge on any atom is 0.336 e. The lowest BCUT2D eigenvalue weighted by Crippen LogP contribution is -2.02. The van der Waals surface area contributed by atoms with Crippen molar-refractivity contribution in [3.8, 4) is 0 Å². The van der Waals surface area contributed by atoms with Gasteiger partial charge in [0.25, 0.3) is 0 Å². The molecule has 0 saturated heterocycles. The highest BCUT2D eigenvalue weighted by Gasteiger charge is 2.13. The Morgan fingerprint density at radius 2 is 1.59 bits per heavy atom. The van der Waals surface area contributed by atoms with Crippen molar-refractivity contribution in [1.29, 1.82) is 0 Å². The number of aliphatic carboxylic acids is 1. The Morgan fingerprint density at radius 1 is 0.955 bits per heavy atom. The molecule has 0 unspecified atom stereocenters. The largest absolute Gasteiger partial charge is 0.478 e. The Bertz CT molecular complexity index is 755. The van der Waals surface area contributed by atoms with Gasteiger partial charge in [-0.3, -0.25) is 0 Å². The van der Waals surface area contributed by atoms with Gasteiger partial charge in [0, 0.05) is 0 Å². The maximum atomic E-state index is 11.6. The third-order valence-corrected chi connectivity index (χ3v) is 3.38. The maximum absolute atomic E-state index is 11.6. The zero-order valence-electron chi connectivity index (χ0n) is 12.3. The summed E-state index contributed by atoms with van der Waals surface area (Å²) in [5.41, 5.74) is 3.51. The van der Waals surface area contributed by atoms with E-state index in [2.05, 4.69) is 0 Å². The van der Waals surface area contributed by atoms with Crippen LogP contribution in [0, 0.1) is 13.8 Å². The van der Waals surface area contributed by atoms with Gasteiger partial charge in [-0.2, -0.15) is 0 Å². The molecule has 2 N–H and O–H groups in total. The molecule has 2 rings (SSSR count). The van der Waals surface area contributed by atoms with E-state index in [9.17, 15) is 14.7 Å². The second-order valence-corrected chi connectivity index (χ2v) is 5.11. The Kier molecular flexibility index (Phi) is 4.41. The van der Waals surface area contributed by atoms with Crippen molar-refractivity contribution < 1.29 is 19.8 Å². The van der Waals surface area contributed by atoms with Crippen LogP contribution in [0.1, 0.15) is 32.6 Å². The van der Waals surface area contributed by atoms with E-state index in [1.165, 1.54) is 12.1 Å². The van der Waals surface area contributed by atoms with Gasteiger partial charge in [0.2, 0.25) is 0 Å². The van der Waals surface area contributed by atoms with Crippen LogP contribution in [-0.2, 0) is 4.79 Å². The molecule has 0 bridgehead atoms. The first-order valence-electron chi connectivity index (χ1n) is 6.74. The Labute approximate surface area is 128 Å². The summed E-state index contributed by atoms with van der Waals surface area (Å²) in [4.78, 5) is 22.4. The number of benzene rings is 2. The van der Waals surface area contributed by atoms with Gasteiger partial charge in [-0.05, 0) is 48.7 Å². The minimum Gasteiger partial charge on any atom is -0.478 e. The predicted molar refractivity (Wildman–Crippen MR) is 84.8 cm³/mol. The minimum atomic E-state index is -1.02. The molecule has 0 saturated carbocycles. The van der Waals surface area contributed by atoms with Crippen LogP contribution in [0.15, 0.2) is 42.5 Å². The summed E-state index contributed by atoms with van der Waals surface area (Å²) in [6.07, 6.45) is 1.55. The van der Waals surface area contributed by atoms with Crippen LogP contribution in [0.3, 0.4) is 0 Å². The van der Waals surface area contributed by atoms with Crippen LogP contribution < -0.4 is 0 Å². The van der Waals surface area contributed by atoms with Gasteiger partial charge in [0.15, 0.2) is 0 Å². The summed E-state index contributed by atoms with van der Waals surface area (Å²) in [7, 11) is 0. The third kappa shape index (κ3) is 3.41. The molecule has 0 atom stereocenters. The highest BCUT2D eigenvalue weighted by Crippen LogP contribution is 2.23. The van der Waals surface area contributed by atoms with Crippen LogP contribution in [-0.4, -0.2) is 22.2 Å². The summed E-state index contributed by atoms with van der Waals surface area (Å²) in [6.45, 7) is 3.77. The van der Waals surface area contributed by atoms with E-state index in [4.69, 9.17) is 5.11 Å². The normalized spacial score (nSPS) is 11.3. The molecule has 4 nitrogen and oxygen atoms in total. The van der Waals surface area contributed by atoms with Crippen LogP contribution in [0.4, 0.5) is 0 Å². The van der Waals surface area contributed by atoms with Crippen molar-refractivity contribution in [2.75, 3.05) is 0 Å². The highest BCUT2D eigenvalue weighted by atomic mass is 16.4. The molecule has 4 heteroatoms. The molecular weight excluding hydrogens is 280 g/mol. The van der Waals surface area contributed by atoms with Crippen molar-refractivity contribution in [3.63, 3.8) is 0 Å². The lowest BCUT2D eigenvalue weighted by Gasteiger charge is -2.08. The topological polar surface area (TPSA) is 74.6 Å². The molecule has 0 aliphatic heterocycles. The van der Waals surface area contributed by atoms with Gasteiger partial charge in [-0.1, -0.05) is 35.9 Å². The third-order valence-electron chi connectivity index (χ3n) is 3.38. The van der Waals surface area contributed by atoms with E-state index in [-0.39, 0.29) is 11.1 Å². The number of aromatic carboxylic acids is 1. The zero-order chi connectivity index (χ0) is 16.3. The van der Waals surface area contributed by atoms with Gasteiger partial charge < -0.3 is 10.2 Å². The smallest absolute Gasteiger partial charge is 0.336 e. The summed E-state index contributed by atoms with van der Waals surface area (Å²) in [6, 6.07) is 11.7. The molecule has 0 aliphatic rings. The first kappa shape index (κ1) is 15.5. The molecule has 0 radical (unpaired) electrons. The van der Waals surface area contributed by atoms with Crippen molar-refractivity contribution in [3.05, 3.63) is 70.3 Å². The Morgan fingerprint density at radius 3 is 2.14 bits per heavy atom. The van der Waals surface area contributed by atoms with E-state index in [0.717, 1.165) is 11.1 Å². The summed E-state index contributed by atoms with van der Waals surface area (Å²) in [5.74, 6) is -2.03. The SMILES string of the molecule is Cc1ccc(C)c(/C(=C/c2ccc(C(=O)O)cc2)C(=O)O)c1. The molecule has 22 heavy (non-hydrogen) atoms. The van der Waals surface area contributed by atoms with E-state index in [0.29, 0.717) is 11.1 Å². The van der Waals surface area contributed by atoms with E-state index in [1.54, 1.807) is 18.2 Å². The molecular formula is C18H16O4. The number of hydrogen-bond donors (Lipinski definition) is 2. The van der Waals surface area contributed by atoms with Crippen molar-refractivity contribution in [2.45, 2.75) is 13.8 Å². The summed E-state index contributed by atoms with van der Waals surface area (Å²) >= 11 is 0. The molecule has 0 spiro atoms. The fourth-order valence-electron chi connectivity index (χ4n) is 2.17. The quantitative estimate of drug-likeness (QED) is 0.667. The zero-order valence-corrected chi connectivity index (χ0v) is 12.3. The van der Waals surface area contributed by atoms with E-state index < -0.39 is 11.9 Å². The lowest BCUT2D eigenvalue weighted by molar-refractivity contribution is -0.130. The number of carboxylic acids is 2. The minimum absolute atomic E-state index is 0.167. The average molecular weight is 296 g/mol. The molecule has 0 amide bonds. The van der Waals surface area contributed by atoms with Gasteiger partial charge in [-0.15, -0.1) is 0 Å². The average Bonchev–Trinajstić information content (AvgIpc) is 2.47. The molecule has 0 fully saturated rings. The number of carbonyl (C=O) groups is 2. The van der Waals surface area contributed by atoms with Crippen LogP contribution in [0.2, 0.25) is 0 Å². The molecule has 2 aromatic carbocycles. The van der Waals surface area contributed by atoms with Crippen LogP contribution in [0.5, 0.6) is 0 Å². The fourth-order valence-corrected chi connectivity index (χ4v) is 2.17. The van der Waals surface area contributed by atoms with Crippen molar-refractivity contribution in [2.24, 2.45) is 0 Å². The Hall–Kier alpha value is -2.88. The second-order valence-electron chi connectivity index (χ2n) is 5.11. The highest BCUT2D eigenvalue weighted by molar-refractivity contribution is 6.21. The van der Waals surface area contributed by atoms with Crippen molar-refractivity contribution >= 4 is 23.6 Å². The Balaban J connectivity index is 2.49. The molecule has 2 aromatic rings. The predicted octanol–water partition coefficient (Wildman–Crippen LogP) is 3.63. The number of rotatable bonds is 4. The van der Waals surface area contributed by atoms with Gasteiger partial charge in [0.1, 0.15) is 0 Å². The van der Waals surface area contributed by atoms with Crippen LogP contribution in [0.25, 0.3) is 11.6 Å². The second kappa shape index (κ2) is 6.26. The first-order valence-corrected chi connectivity index (χ1v) is 6.74. The molecule has 0 aliphatic carbocycles. The summed E-state index contributed by atoms with van der Waals surface area (Å²) in [5, 5.41) is 18.4. The van der Waals surface area contributed by atoms with Crippen molar-refractivity contribution in [1.82, 2.24) is 0 Å². The van der Waals surface area contributed by atoms with Gasteiger partial charge in [0.05, 0.1) is 11.1 Å². The molecule has 112 valence electrons. The fraction of sp³-hybridized carbons (Fsp3) is 0.111. The standard InChI is InChI=1S/C18H16O4/c1-11-3-4-12(2)15(9-11)16(18(21)22)10-13-5-7-14(8-6-13)17(19)20/h3-10H,1-2H3,(H,19,20)(H,21,22)/b16-10-. The molecule has 0 heterocycles. The van der Waals surface area contributed by atoms with E-state index >= 15 is 0 Å².